The number of nitrogen functional groups attached to an aromatic ring is 1. The van der Waals surface area contributed by atoms with Gasteiger partial charge in [-0.15, -0.1) is 0 Å². The van der Waals surface area contributed by atoms with E-state index in [-0.39, 0.29) is 11.3 Å². The van der Waals surface area contributed by atoms with E-state index in [2.05, 4.69) is 19.2 Å². The van der Waals surface area contributed by atoms with Crippen LogP contribution >= 0.6 is 0 Å². The quantitative estimate of drug-likeness (QED) is 0.682. The molecule has 0 aromatic heterocycles. The maximum atomic E-state index is 13.2. The van der Waals surface area contributed by atoms with E-state index < -0.39 is 11.8 Å². The molecule has 1 rings (SSSR count). The highest BCUT2D eigenvalue weighted by Gasteiger charge is 2.17. The lowest BCUT2D eigenvalue weighted by Gasteiger charge is -2.16. The van der Waals surface area contributed by atoms with Crippen LogP contribution in [0, 0.1) is 11.7 Å². The summed E-state index contributed by atoms with van der Waals surface area (Å²) >= 11 is 0. The Morgan fingerprint density at radius 3 is 2.56 bits per heavy atom. The molecule has 0 atom stereocenters. The zero-order valence-electron chi connectivity index (χ0n) is 10.7. The fourth-order valence-electron chi connectivity index (χ4n) is 1.80. The summed E-state index contributed by atoms with van der Waals surface area (Å²) in [6.07, 6.45) is 2.01. The molecule has 0 unspecified atom stereocenters. The number of benzene rings is 1. The number of carbonyl (C=O) groups is 1. The summed E-state index contributed by atoms with van der Waals surface area (Å²) in [7, 11) is 0. The maximum Gasteiger partial charge on any atom is 0.340 e. The molecule has 4 nitrogen and oxygen atoms in total. The average molecular weight is 254 g/mol. The minimum atomic E-state index is -1.22. The first-order valence-corrected chi connectivity index (χ1v) is 6.06. The number of hydrogen-bond acceptors (Lipinski definition) is 3. The molecule has 0 spiro atoms. The number of anilines is 2. The predicted octanol–water partition coefficient (Wildman–Crippen LogP) is 2.95. The highest BCUT2D eigenvalue weighted by Crippen LogP contribution is 2.25. The fourth-order valence-corrected chi connectivity index (χ4v) is 1.80. The van der Waals surface area contributed by atoms with Gasteiger partial charge >= 0.3 is 5.97 Å². The van der Waals surface area contributed by atoms with Crippen LogP contribution in [0.3, 0.4) is 0 Å². The number of rotatable bonds is 6. The molecule has 0 fully saturated rings. The summed E-state index contributed by atoms with van der Waals surface area (Å²) in [6.45, 7) is 4.80. The highest BCUT2D eigenvalue weighted by molar-refractivity contribution is 6.00. The van der Waals surface area contributed by atoms with E-state index in [1.54, 1.807) is 0 Å². The molecular formula is C13H19FN2O2. The molecule has 0 amide bonds. The standard InChI is InChI=1S/C13H19FN2O2/c1-3-8(4-2)7-16-10-6-5-9(14)12(15)11(10)13(17)18/h5-6,8,16H,3-4,7,15H2,1-2H3,(H,17,18). The van der Waals surface area contributed by atoms with Crippen LogP contribution in [0.4, 0.5) is 15.8 Å². The molecule has 1 aromatic rings. The van der Waals surface area contributed by atoms with Crippen molar-refractivity contribution in [3.05, 3.63) is 23.5 Å². The first-order valence-electron chi connectivity index (χ1n) is 6.06. The second-order valence-electron chi connectivity index (χ2n) is 4.25. The van der Waals surface area contributed by atoms with Crippen molar-refractivity contribution in [1.29, 1.82) is 0 Å². The van der Waals surface area contributed by atoms with Crippen molar-refractivity contribution in [1.82, 2.24) is 0 Å². The molecule has 0 saturated carbocycles. The molecular weight excluding hydrogens is 235 g/mol. The smallest absolute Gasteiger partial charge is 0.340 e. The summed E-state index contributed by atoms with van der Waals surface area (Å²) in [5, 5.41) is 12.1. The van der Waals surface area contributed by atoms with Gasteiger partial charge in [0.2, 0.25) is 0 Å². The van der Waals surface area contributed by atoms with Gasteiger partial charge in [0, 0.05) is 6.54 Å². The molecule has 0 aliphatic carbocycles. The number of nitrogens with one attached hydrogen (secondary N) is 1. The Morgan fingerprint density at radius 1 is 1.44 bits per heavy atom. The van der Waals surface area contributed by atoms with Crippen molar-refractivity contribution < 1.29 is 14.3 Å². The third-order valence-electron chi connectivity index (χ3n) is 3.14. The summed E-state index contributed by atoms with van der Waals surface area (Å²) < 4.78 is 13.2. The number of carboxylic acid groups (broad SMARTS) is 1. The highest BCUT2D eigenvalue weighted by atomic mass is 19.1. The Kier molecular flexibility index (Phi) is 4.95. The first-order chi connectivity index (χ1) is 8.51. The number of aromatic carboxylic acids is 1. The number of carboxylic acids is 1. The van der Waals surface area contributed by atoms with Crippen LogP contribution in [0.1, 0.15) is 37.0 Å². The number of hydrogen-bond donors (Lipinski definition) is 3. The van der Waals surface area contributed by atoms with E-state index in [1.807, 2.05) is 0 Å². The zero-order chi connectivity index (χ0) is 13.7. The molecule has 1 aromatic carbocycles. The Bertz CT molecular complexity index is 431. The van der Waals surface area contributed by atoms with Gasteiger partial charge in [0.1, 0.15) is 11.4 Å². The van der Waals surface area contributed by atoms with Crippen LogP contribution in [-0.2, 0) is 0 Å². The third-order valence-corrected chi connectivity index (χ3v) is 3.14. The van der Waals surface area contributed by atoms with Crippen LogP contribution in [0.2, 0.25) is 0 Å². The molecule has 4 N–H and O–H groups in total. The van der Waals surface area contributed by atoms with Gasteiger partial charge in [-0.2, -0.15) is 0 Å². The largest absolute Gasteiger partial charge is 0.478 e. The van der Waals surface area contributed by atoms with E-state index in [4.69, 9.17) is 10.8 Å². The Labute approximate surface area is 106 Å². The van der Waals surface area contributed by atoms with Gasteiger partial charge in [-0.1, -0.05) is 26.7 Å². The maximum absolute atomic E-state index is 13.2. The SMILES string of the molecule is CCC(CC)CNc1ccc(F)c(N)c1C(=O)O. The van der Waals surface area contributed by atoms with E-state index in [9.17, 15) is 9.18 Å². The minimum Gasteiger partial charge on any atom is -0.478 e. The van der Waals surface area contributed by atoms with Crippen molar-refractivity contribution in [2.75, 3.05) is 17.6 Å². The summed E-state index contributed by atoms with van der Waals surface area (Å²) in [4.78, 5) is 11.1. The van der Waals surface area contributed by atoms with Crippen LogP contribution in [-0.4, -0.2) is 17.6 Å². The lowest BCUT2D eigenvalue weighted by Crippen LogP contribution is -2.16. The van der Waals surface area contributed by atoms with Crippen molar-refractivity contribution in [3.8, 4) is 0 Å². The van der Waals surface area contributed by atoms with Crippen molar-refractivity contribution in [2.24, 2.45) is 5.92 Å². The number of halogens is 1. The second kappa shape index (κ2) is 6.23. The summed E-state index contributed by atoms with van der Waals surface area (Å²) in [6, 6.07) is 2.59. The lowest BCUT2D eigenvalue weighted by molar-refractivity contribution is 0.0698. The van der Waals surface area contributed by atoms with E-state index >= 15 is 0 Å². The molecule has 18 heavy (non-hydrogen) atoms. The molecule has 0 radical (unpaired) electrons. The summed E-state index contributed by atoms with van der Waals surface area (Å²) in [5.74, 6) is -1.47. The van der Waals surface area contributed by atoms with Gasteiger partial charge < -0.3 is 16.2 Å². The molecule has 5 heteroatoms. The Morgan fingerprint density at radius 2 is 2.06 bits per heavy atom. The molecule has 0 heterocycles. The number of nitrogens with two attached hydrogens (primary N) is 1. The van der Waals surface area contributed by atoms with Gasteiger partial charge in [-0.05, 0) is 18.1 Å². The summed E-state index contributed by atoms with van der Waals surface area (Å²) in [5.41, 5.74) is 5.31. The van der Waals surface area contributed by atoms with Crippen molar-refractivity contribution >= 4 is 17.3 Å². The van der Waals surface area contributed by atoms with E-state index in [0.29, 0.717) is 18.2 Å². The van der Waals surface area contributed by atoms with E-state index in [0.717, 1.165) is 12.8 Å². The van der Waals surface area contributed by atoms with Crippen molar-refractivity contribution in [3.63, 3.8) is 0 Å². The molecule has 0 aliphatic heterocycles. The minimum absolute atomic E-state index is 0.194. The zero-order valence-corrected chi connectivity index (χ0v) is 10.7. The Balaban J connectivity index is 2.95. The average Bonchev–Trinajstić information content (AvgIpc) is 2.34. The topological polar surface area (TPSA) is 75.3 Å². The third kappa shape index (κ3) is 3.12. The first kappa shape index (κ1) is 14.3. The van der Waals surface area contributed by atoms with Gasteiger partial charge in [-0.3, -0.25) is 0 Å². The second-order valence-corrected chi connectivity index (χ2v) is 4.25. The lowest BCUT2D eigenvalue weighted by atomic mass is 10.0. The van der Waals surface area contributed by atoms with Gasteiger partial charge in [0.05, 0.1) is 11.4 Å². The Hall–Kier alpha value is -1.78. The molecule has 0 aliphatic rings. The molecule has 100 valence electrons. The van der Waals surface area contributed by atoms with Crippen molar-refractivity contribution in [2.45, 2.75) is 26.7 Å². The van der Waals surface area contributed by atoms with Gasteiger partial charge in [0.25, 0.3) is 0 Å². The van der Waals surface area contributed by atoms with Gasteiger partial charge in [0.15, 0.2) is 0 Å². The molecule has 0 saturated heterocycles. The predicted molar refractivity (Wildman–Crippen MR) is 70.3 cm³/mol. The van der Waals surface area contributed by atoms with Crippen LogP contribution < -0.4 is 11.1 Å². The normalized spacial score (nSPS) is 10.7. The molecule has 0 bridgehead atoms. The van der Waals surface area contributed by atoms with Crippen LogP contribution in [0.25, 0.3) is 0 Å². The van der Waals surface area contributed by atoms with E-state index in [1.165, 1.54) is 12.1 Å². The van der Waals surface area contributed by atoms with Crippen LogP contribution in [0.15, 0.2) is 12.1 Å². The monoisotopic (exact) mass is 254 g/mol. The van der Waals surface area contributed by atoms with Gasteiger partial charge in [-0.25, -0.2) is 9.18 Å². The van der Waals surface area contributed by atoms with Crippen LogP contribution in [0.5, 0.6) is 0 Å². The fraction of sp³-hybridized carbons (Fsp3) is 0.462.